The Hall–Kier alpha value is -1.36. The standard InChI is InChI=1S/C18H32N4O/c1-12(2)15-9-14(19-22(15)18(4,5)6)17(23)21-10-13(3)16(11-21)20(7)8/h9,12-13,16H,10-11H2,1-8H3. The van der Waals surface area contributed by atoms with E-state index in [1.54, 1.807) is 0 Å². The fraction of sp³-hybridized carbons (Fsp3) is 0.778. The summed E-state index contributed by atoms with van der Waals surface area (Å²) in [5.74, 6) is 0.893. The first-order chi connectivity index (χ1) is 10.5. The van der Waals surface area contributed by atoms with Crippen molar-refractivity contribution in [1.82, 2.24) is 19.6 Å². The Morgan fingerprint density at radius 1 is 1.30 bits per heavy atom. The number of amides is 1. The highest BCUT2D eigenvalue weighted by atomic mass is 16.2. The minimum Gasteiger partial charge on any atom is -0.335 e. The Morgan fingerprint density at radius 2 is 1.91 bits per heavy atom. The smallest absolute Gasteiger partial charge is 0.274 e. The maximum atomic E-state index is 12.9. The summed E-state index contributed by atoms with van der Waals surface area (Å²) in [6, 6.07) is 2.40. The number of aromatic nitrogens is 2. The fourth-order valence-corrected chi connectivity index (χ4v) is 3.40. The van der Waals surface area contributed by atoms with Crippen molar-refractivity contribution >= 4 is 5.91 Å². The van der Waals surface area contributed by atoms with Crippen molar-refractivity contribution in [3.05, 3.63) is 17.5 Å². The molecular weight excluding hydrogens is 288 g/mol. The van der Waals surface area contributed by atoms with Crippen LogP contribution in [0.4, 0.5) is 0 Å². The highest BCUT2D eigenvalue weighted by molar-refractivity contribution is 5.92. The number of hydrogen-bond donors (Lipinski definition) is 0. The van der Waals surface area contributed by atoms with E-state index >= 15 is 0 Å². The molecule has 2 atom stereocenters. The van der Waals surface area contributed by atoms with Gasteiger partial charge in [-0.25, -0.2) is 0 Å². The van der Waals surface area contributed by atoms with Gasteiger partial charge in [0, 0.05) is 24.8 Å². The van der Waals surface area contributed by atoms with Crippen LogP contribution in [0.25, 0.3) is 0 Å². The highest BCUT2D eigenvalue weighted by Crippen LogP contribution is 2.26. The Kier molecular flexibility index (Phi) is 4.90. The number of carbonyl (C=O) groups excluding carboxylic acids is 1. The van der Waals surface area contributed by atoms with E-state index < -0.39 is 0 Å². The lowest BCUT2D eigenvalue weighted by atomic mass is 10.1. The van der Waals surface area contributed by atoms with Crippen molar-refractivity contribution in [1.29, 1.82) is 0 Å². The van der Waals surface area contributed by atoms with Crippen molar-refractivity contribution < 1.29 is 4.79 Å². The number of rotatable bonds is 3. The van der Waals surface area contributed by atoms with Crippen LogP contribution in [0.3, 0.4) is 0 Å². The summed E-state index contributed by atoms with van der Waals surface area (Å²) in [7, 11) is 4.17. The minimum absolute atomic E-state index is 0.0612. The van der Waals surface area contributed by atoms with Gasteiger partial charge in [0.1, 0.15) is 0 Å². The Morgan fingerprint density at radius 3 is 2.30 bits per heavy atom. The number of carbonyl (C=O) groups is 1. The van der Waals surface area contributed by atoms with Crippen molar-refractivity contribution in [3.8, 4) is 0 Å². The fourth-order valence-electron chi connectivity index (χ4n) is 3.40. The zero-order chi connectivity index (χ0) is 17.5. The van der Waals surface area contributed by atoms with Crippen molar-refractivity contribution in [2.24, 2.45) is 5.92 Å². The van der Waals surface area contributed by atoms with E-state index in [1.807, 2.05) is 15.6 Å². The van der Waals surface area contributed by atoms with Crippen LogP contribution in [0.1, 0.15) is 63.6 Å². The first-order valence-electron chi connectivity index (χ1n) is 8.58. The summed E-state index contributed by atoms with van der Waals surface area (Å²) < 4.78 is 2.01. The number of likely N-dealkylation sites (tertiary alicyclic amines) is 1. The summed E-state index contributed by atoms with van der Waals surface area (Å²) in [5.41, 5.74) is 1.58. The molecule has 5 nitrogen and oxygen atoms in total. The molecule has 1 aromatic heterocycles. The molecule has 1 aromatic rings. The summed E-state index contributed by atoms with van der Waals surface area (Å²) in [4.78, 5) is 17.1. The van der Waals surface area contributed by atoms with Gasteiger partial charge in [-0.05, 0) is 52.8 Å². The molecule has 2 rings (SSSR count). The molecule has 0 spiro atoms. The number of nitrogens with zero attached hydrogens (tertiary/aromatic N) is 4. The lowest BCUT2D eigenvalue weighted by Gasteiger charge is -2.24. The minimum atomic E-state index is -0.122. The van der Waals surface area contributed by atoms with E-state index in [2.05, 4.69) is 65.6 Å². The molecule has 2 unspecified atom stereocenters. The van der Waals surface area contributed by atoms with E-state index in [0.29, 0.717) is 23.6 Å². The van der Waals surface area contributed by atoms with Crippen LogP contribution in [-0.4, -0.2) is 58.7 Å². The molecule has 0 aliphatic carbocycles. The molecule has 1 aliphatic rings. The van der Waals surface area contributed by atoms with E-state index in [9.17, 15) is 4.79 Å². The van der Waals surface area contributed by atoms with E-state index in [-0.39, 0.29) is 11.4 Å². The molecule has 1 saturated heterocycles. The lowest BCUT2D eigenvalue weighted by molar-refractivity contribution is 0.0774. The van der Waals surface area contributed by atoms with E-state index in [0.717, 1.165) is 18.8 Å². The van der Waals surface area contributed by atoms with Gasteiger partial charge in [-0.15, -0.1) is 0 Å². The summed E-state index contributed by atoms with van der Waals surface area (Å²) in [6.07, 6.45) is 0. The normalized spacial score (nSPS) is 22.4. The third-order valence-electron chi connectivity index (χ3n) is 4.71. The van der Waals surface area contributed by atoms with Gasteiger partial charge in [-0.1, -0.05) is 20.8 Å². The SMILES string of the molecule is CC(C)c1cc(C(=O)N2CC(C)C(N(C)C)C2)nn1C(C)(C)C. The molecule has 0 bridgehead atoms. The molecule has 5 heteroatoms. The molecular formula is C18H32N4O. The second-order valence-electron chi connectivity index (χ2n) is 8.41. The summed E-state index contributed by atoms with van der Waals surface area (Å²) in [6.45, 7) is 14.5. The third kappa shape index (κ3) is 3.60. The predicted molar refractivity (Wildman–Crippen MR) is 93.9 cm³/mol. The van der Waals surface area contributed by atoms with Gasteiger partial charge < -0.3 is 9.80 Å². The average molecular weight is 320 g/mol. The van der Waals surface area contributed by atoms with Crippen molar-refractivity contribution in [2.45, 2.75) is 59.0 Å². The van der Waals surface area contributed by atoms with Crippen LogP contribution in [-0.2, 0) is 5.54 Å². The molecule has 1 aliphatic heterocycles. The summed E-state index contributed by atoms with van der Waals surface area (Å²) >= 11 is 0. The van der Waals surface area contributed by atoms with Gasteiger partial charge in [0.2, 0.25) is 0 Å². The first kappa shape index (κ1) is 18.0. The monoisotopic (exact) mass is 320 g/mol. The zero-order valence-electron chi connectivity index (χ0n) is 15.9. The quantitative estimate of drug-likeness (QED) is 0.860. The molecule has 2 heterocycles. The van der Waals surface area contributed by atoms with Gasteiger partial charge in [-0.2, -0.15) is 5.10 Å². The van der Waals surface area contributed by atoms with Gasteiger partial charge in [-0.3, -0.25) is 9.48 Å². The maximum absolute atomic E-state index is 12.9. The average Bonchev–Trinajstić information content (AvgIpc) is 3.00. The zero-order valence-corrected chi connectivity index (χ0v) is 15.9. The van der Waals surface area contributed by atoms with Gasteiger partial charge in [0.15, 0.2) is 5.69 Å². The van der Waals surface area contributed by atoms with Crippen LogP contribution < -0.4 is 0 Å². The molecule has 0 aromatic carbocycles. The molecule has 1 amide bonds. The molecule has 0 saturated carbocycles. The van der Waals surface area contributed by atoms with Crippen LogP contribution >= 0.6 is 0 Å². The topological polar surface area (TPSA) is 41.4 Å². The van der Waals surface area contributed by atoms with E-state index in [1.165, 1.54) is 0 Å². The molecule has 0 N–H and O–H groups in total. The Balaban J connectivity index is 2.27. The van der Waals surface area contributed by atoms with Gasteiger partial charge >= 0.3 is 0 Å². The van der Waals surface area contributed by atoms with Crippen LogP contribution in [0.2, 0.25) is 0 Å². The molecule has 130 valence electrons. The Bertz CT molecular complexity index is 568. The van der Waals surface area contributed by atoms with Crippen molar-refractivity contribution in [3.63, 3.8) is 0 Å². The predicted octanol–water partition coefficient (Wildman–Crippen LogP) is 2.78. The third-order valence-corrected chi connectivity index (χ3v) is 4.71. The molecule has 23 heavy (non-hydrogen) atoms. The summed E-state index contributed by atoms with van der Waals surface area (Å²) in [5, 5.41) is 4.65. The van der Waals surface area contributed by atoms with Crippen LogP contribution in [0.5, 0.6) is 0 Å². The Labute approximate surface area is 140 Å². The van der Waals surface area contributed by atoms with Gasteiger partial charge in [0.05, 0.1) is 5.54 Å². The molecule has 1 fully saturated rings. The lowest BCUT2D eigenvalue weighted by Crippen LogP contribution is -2.36. The second-order valence-corrected chi connectivity index (χ2v) is 8.41. The highest BCUT2D eigenvalue weighted by Gasteiger charge is 2.35. The maximum Gasteiger partial charge on any atom is 0.274 e. The second kappa shape index (κ2) is 6.27. The largest absolute Gasteiger partial charge is 0.335 e. The van der Waals surface area contributed by atoms with Crippen LogP contribution in [0, 0.1) is 5.92 Å². The molecule has 0 radical (unpaired) electrons. The number of hydrogen-bond acceptors (Lipinski definition) is 3. The van der Waals surface area contributed by atoms with Crippen molar-refractivity contribution in [2.75, 3.05) is 27.2 Å². The van der Waals surface area contributed by atoms with E-state index in [4.69, 9.17) is 0 Å². The van der Waals surface area contributed by atoms with Crippen LogP contribution in [0.15, 0.2) is 6.07 Å². The first-order valence-corrected chi connectivity index (χ1v) is 8.58. The van der Waals surface area contributed by atoms with Gasteiger partial charge in [0.25, 0.3) is 5.91 Å². The number of likely N-dealkylation sites (N-methyl/N-ethyl adjacent to an activating group) is 1.